The Morgan fingerprint density at radius 3 is 2.52 bits per heavy atom. The van der Waals surface area contributed by atoms with Crippen molar-refractivity contribution in [1.82, 2.24) is 19.4 Å². The summed E-state index contributed by atoms with van der Waals surface area (Å²) in [5.41, 5.74) is 3.52. The van der Waals surface area contributed by atoms with Gasteiger partial charge in [0, 0.05) is 82.3 Å². The molecule has 0 unspecified atom stereocenters. The maximum Gasteiger partial charge on any atom is 0.224 e. The number of pyridine rings is 2. The van der Waals surface area contributed by atoms with E-state index in [1.54, 1.807) is 31.6 Å². The number of amides is 1. The van der Waals surface area contributed by atoms with Gasteiger partial charge in [-0.3, -0.25) is 14.6 Å². The molecule has 1 amide bonds. The van der Waals surface area contributed by atoms with Crippen LogP contribution in [0.2, 0.25) is 0 Å². The maximum atomic E-state index is 13.3. The molecule has 232 valence electrons. The number of rotatable bonds is 12. The van der Waals surface area contributed by atoms with E-state index in [1.165, 1.54) is 7.11 Å². The highest BCUT2D eigenvalue weighted by Crippen LogP contribution is 2.34. The number of hydrogen-bond acceptors (Lipinski definition) is 8. The number of anilines is 1. The first-order valence-electron chi connectivity index (χ1n) is 15.0. The second kappa shape index (κ2) is 14.4. The molecule has 0 atom stereocenters. The molecular weight excluding hydrogens is 558 g/mol. The molecule has 44 heavy (non-hydrogen) atoms. The number of carbonyl (C=O) groups excluding carboxylic acids is 1. The van der Waals surface area contributed by atoms with Crippen LogP contribution in [-0.4, -0.2) is 85.9 Å². The van der Waals surface area contributed by atoms with Crippen molar-refractivity contribution in [2.45, 2.75) is 19.3 Å². The van der Waals surface area contributed by atoms with Crippen LogP contribution in [0.25, 0.3) is 22.2 Å². The lowest BCUT2D eigenvalue weighted by molar-refractivity contribution is -0.116. The van der Waals surface area contributed by atoms with Crippen LogP contribution in [0.15, 0.2) is 65.7 Å². The summed E-state index contributed by atoms with van der Waals surface area (Å²) < 4.78 is 19.1. The van der Waals surface area contributed by atoms with Gasteiger partial charge in [-0.25, -0.2) is 0 Å². The topological polar surface area (TPSA) is 98.2 Å². The average molecular weight is 600 g/mol. The Kier molecular flexibility index (Phi) is 10.1. The number of aromatic nitrogens is 2. The summed E-state index contributed by atoms with van der Waals surface area (Å²) in [6.45, 7) is 5.77. The van der Waals surface area contributed by atoms with Crippen LogP contribution in [0, 0.1) is 0 Å². The van der Waals surface area contributed by atoms with Gasteiger partial charge < -0.3 is 33.9 Å². The van der Waals surface area contributed by atoms with Gasteiger partial charge in [0.1, 0.15) is 17.2 Å². The van der Waals surface area contributed by atoms with Crippen molar-refractivity contribution < 1.29 is 19.0 Å². The largest absolute Gasteiger partial charge is 0.497 e. The third-order valence-electron chi connectivity index (χ3n) is 8.13. The Balaban J connectivity index is 1.41. The van der Waals surface area contributed by atoms with Gasteiger partial charge in [-0.2, -0.15) is 0 Å². The van der Waals surface area contributed by atoms with E-state index in [0.29, 0.717) is 59.0 Å². The molecule has 10 heteroatoms. The number of fused-ring (bicyclic) bond motifs is 1. The molecule has 1 aliphatic rings. The van der Waals surface area contributed by atoms with E-state index in [9.17, 15) is 9.59 Å². The SMILES string of the molecule is COc1cc(OC)c2c(=O)cc(-c3ccc(OCCCN4CCN(C)CC4)c(NC(=O)CCc4cccnc4)c3)n(C)c2c1. The van der Waals surface area contributed by atoms with Gasteiger partial charge in [-0.1, -0.05) is 6.07 Å². The number of methoxy groups -OCH3 is 2. The van der Waals surface area contributed by atoms with Crippen molar-refractivity contribution in [3.63, 3.8) is 0 Å². The van der Waals surface area contributed by atoms with E-state index in [4.69, 9.17) is 14.2 Å². The second-order valence-electron chi connectivity index (χ2n) is 11.1. The van der Waals surface area contributed by atoms with Gasteiger partial charge in [-0.05, 0) is 49.7 Å². The zero-order valence-corrected chi connectivity index (χ0v) is 26.0. The number of nitrogens with one attached hydrogen (secondary N) is 1. The lowest BCUT2D eigenvalue weighted by Gasteiger charge is -2.32. The smallest absolute Gasteiger partial charge is 0.224 e. The molecule has 1 aliphatic heterocycles. The first-order chi connectivity index (χ1) is 21.4. The van der Waals surface area contributed by atoms with Crippen LogP contribution in [0.4, 0.5) is 5.69 Å². The second-order valence-corrected chi connectivity index (χ2v) is 11.1. The summed E-state index contributed by atoms with van der Waals surface area (Å²) in [7, 11) is 7.16. The van der Waals surface area contributed by atoms with E-state index in [-0.39, 0.29) is 11.3 Å². The van der Waals surface area contributed by atoms with Crippen LogP contribution >= 0.6 is 0 Å². The Hall–Kier alpha value is -4.41. The summed E-state index contributed by atoms with van der Waals surface area (Å²) in [5.74, 6) is 1.50. The molecule has 0 saturated carbocycles. The standard InChI is InChI=1S/C34H41N5O5/c1-37-14-16-39(17-15-37)13-6-18-44-31-10-9-25(19-27(31)36-33(41)11-8-24-7-5-12-35-23-24)28-22-30(40)34-29(38(28)2)20-26(42-3)21-32(34)43-4/h5,7,9-10,12,19-23H,6,8,11,13-18H2,1-4H3,(H,36,41). The van der Waals surface area contributed by atoms with Crippen LogP contribution in [0.5, 0.6) is 17.2 Å². The summed E-state index contributed by atoms with van der Waals surface area (Å²) in [6.07, 6.45) is 5.24. The van der Waals surface area contributed by atoms with Crippen molar-refractivity contribution in [2.75, 3.05) is 65.9 Å². The number of likely N-dealkylation sites (N-methyl/N-ethyl adjacent to an activating group) is 1. The molecule has 1 saturated heterocycles. The van der Waals surface area contributed by atoms with Crippen molar-refractivity contribution in [3.8, 4) is 28.5 Å². The van der Waals surface area contributed by atoms with Crippen molar-refractivity contribution in [2.24, 2.45) is 7.05 Å². The van der Waals surface area contributed by atoms with Crippen molar-refractivity contribution in [3.05, 3.63) is 76.7 Å². The summed E-state index contributed by atoms with van der Waals surface area (Å²) in [6, 6.07) is 14.6. The molecule has 1 N–H and O–H groups in total. The van der Waals surface area contributed by atoms with Gasteiger partial charge in [0.05, 0.1) is 43.1 Å². The van der Waals surface area contributed by atoms with Gasteiger partial charge in [-0.15, -0.1) is 0 Å². The van der Waals surface area contributed by atoms with Gasteiger partial charge in [0.25, 0.3) is 0 Å². The lowest BCUT2D eigenvalue weighted by Crippen LogP contribution is -2.44. The number of hydrogen-bond donors (Lipinski definition) is 1. The first-order valence-corrected chi connectivity index (χ1v) is 15.0. The van der Waals surface area contributed by atoms with Crippen LogP contribution in [0.1, 0.15) is 18.4 Å². The molecule has 10 nitrogen and oxygen atoms in total. The number of piperazine rings is 1. The highest BCUT2D eigenvalue weighted by Gasteiger charge is 2.18. The molecule has 0 spiro atoms. The molecule has 2 aromatic carbocycles. The Morgan fingerprint density at radius 1 is 0.977 bits per heavy atom. The number of nitrogens with zero attached hydrogens (tertiary/aromatic N) is 4. The molecule has 1 fully saturated rings. The zero-order chi connectivity index (χ0) is 31.1. The number of carbonyl (C=O) groups is 1. The van der Waals surface area contributed by atoms with Crippen LogP contribution < -0.4 is 25.0 Å². The molecule has 5 rings (SSSR count). The van der Waals surface area contributed by atoms with Gasteiger partial charge in [0.2, 0.25) is 5.91 Å². The molecule has 0 bridgehead atoms. The monoisotopic (exact) mass is 599 g/mol. The predicted octanol–water partition coefficient (Wildman–Crippen LogP) is 4.21. The van der Waals surface area contributed by atoms with Gasteiger partial charge >= 0.3 is 0 Å². The minimum Gasteiger partial charge on any atom is -0.497 e. The predicted molar refractivity (Wildman–Crippen MR) is 173 cm³/mol. The Bertz CT molecular complexity index is 1650. The lowest BCUT2D eigenvalue weighted by atomic mass is 10.1. The average Bonchev–Trinajstić information content (AvgIpc) is 3.05. The molecule has 3 heterocycles. The van der Waals surface area contributed by atoms with E-state index in [2.05, 4.69) is 27.1 Å². The fourth-order valence-electron chi connectivity index (χ4n) is 5.54. The third kappa shape index (κ3) is 7.38. The first kappa shape index (κ1) is 31.0. The summed E-state index contributed by atoms with van der Waals surface area (Å²) in [5, 5.41) is 3.54. The molecule has 0 radical (unpaired) electrons. The number of benzene rings is 2. The maximum absolute atomic E-state index is 13.3. The van der Waals surface area contributed by atoms with E-state index in [1.807, 2.05) is 48.0 Å². The number of ether oxygens (including phenoxy) is 3. The van der Waals surface area contributed by atoms with Crippen LogP contribution in [0.3, 0.4) is 0 Å². The highest BCUT2D eigenvalue weighted by molar-refractivity contribution is 5.94. The zero-order valence-electron chi connectivity index (χ0n) is 26.0. The Labute approximate surface area is 258 Å². The normalized spacial score (nSPS) is 14.0. The minimum atomic E-state index is -0.168. The van der Waals surface area contributed by atoms with E-state index >= 15 is 0 Å². The summed E-state index contributed by atoms with van der Waals surface area (Å²) in [4.78, 5) is 35.4. The molecular formula is C34H41N5O5. The fourth-order valence-corrected chi connectivity index (χ4v) is 5.54. The van der Waals surface area contributed by atoms with E-state index < -0.39 is 0 Å². The van der Waals surface area contributed by atoms with Crippen LogP contribution in [-0.2, 0) is 18.3 Å². The fraction of sp³-hybridized carbons (Fsp3) is 0.382. The van der Waals surface area contributed by atoms with Crippen molar-refractivity contribution >= 4 is 22.5 Å². The Morgan fingerprint density at radius 2 is 1.80 bits per heavy atom. The van der Waals surface area contributed by atoms with E-state index in [0.717, 1.165) is 50.3 Å². The van der Waals surface area contributed by atoms with Crippen molar-refractivity contribution in [1.29, 1.82) is 0 Å². The minimum absolute atomic E-state index is 0.129. The van der Waals surface area contributed by atoms with Gasteiger partial charge in [0.15, 0.2) is 5.43 Å². The third-order valence-corrected chi connectivity index (χ3v) is 8.13. The molecule has 2 aromatic heterocycles. The quantitative estimate of drug-likeness (QED) is 0.242. The highest BCUT2D eigenvalue weighted by atomic mass is 16.5. The molecule has 0 aliphatic carbocycles. The number of aryl methyl sites for hydroxylation is 2. The molecule has 4 aromatic rings. The summed E-state index contributed by atoms with van der Waals surface area (Å²) >= 11 is 0.